The highest BCUT2D eigenvalue weighted by molar-refractivity contribution is 5.73. The summed E-state index contributed by atoms with van der Waals surface area (Å²) >= 11 is 0. The van der Waals surface area contributed by atoms with Crippen LogP contribution in [0.5, 0.6) is 0 Å². The number of aromatic nitrogens is 2. The van der Waals surface area contributed by atoms with Gasteiger partial charge in [-0.2, -0.15) is 5.10 Å². The highest BCUT2D eigenvalue weighted by atomic mass is 16.5. The van der Waals surface area contributed by atoms with Gasteiger partial charge < -0.3 is 4.74 Å². The Labute approximate surface area is 116 Å². The highest BCUT2D eigenvalue weighted by Gasteiger charge is 2.18. The van der Waals surface area contributed by atoms with Crippen molar-refractivity contribution >= 4 is 5.97 Å². The maximum absolute atomic E-state index is 11.5. The highest BCUT2D eigenvalue weighted by Crippen LogP contribution is 2.18. The number of hydrogen-bond donors (Lipinski definition) is 0. The van der Waals surface area contributed by atoms with Gasteiger partial charge >= 0.3 is 5.97 Å². The smallest absolute Gasteiger partial charge is 0.310 e. The molecule has 0 fully saturated rings. The molecule has 0 amide bonds. The number of esters is 1. The van der Waals surface area contributed by atoms with E-state index in [1.54, 1.807) is 0 Å². The summed E-state index contributed by atoms with van der Waals surface area (Å²) in [5.74, 6) is 0.468. The summed E-state index contributed by atoms with van der Waals surface area (Å²) in [5.41, 5.74) is 3.29. The predicted molar refractivity (Wildman–Crippen MR) is 76.2 cm³/mol. The number of aryl methyl sites for hydroxylation is 2. The molecular formula is C15H26N2O2. The van der Waals surface area contributed by atoms with Crippen molar-refractivity contribution in [3.05, 3.63) is 17.0 Å². The molecule has 108 valence electrons. The van der Waals surface area contributed by atoms with Crippen LogP contribution in [0, 0.1) is 5.92 Å². The Morgan fingerprint density at radius 1 is 1.32 bits per heavy atom. The van der Waals surface area contributed by atoms with Gasteiger partial charge in [-0.1, -0.05) is 27.7 Å². The second kappa shape index (κ2) is 7.31. The zero-order chi connectivity index (χ0) is 14.4. The first-order valence-corrected chi connectivity index (χ1v) is 7.17. The Kier molecular flexibility index (Phi) is 6.06. The van der Waals surface area contributed by atoms with Crippen LogP contribution in [0.1, 0.15) is 51.1 Å². The Balaban J connectivity index is 3.02. The van der Waals surface area contributed by atoms with Gasteiger partial charge in [0.1, 0.15) is 0 Å². The lowest BCUT2D eigenvalue weighted by Crippen LogP contribution is -2.10. The topological polar surface area (TPSA) is 44.1 Å². The molecule has 0 saturated carbocycles. The zero-order valence-electron chi connectivity index (χ0n) is 12.8. The SMILES string of the molecule is CCc1nn(CCC(C)C)c(CC)c1CC(=O)OC. The molecular weight excluding hydrogens is 240 g/mol. The second-order valence-electron chi connectivity index (χ2n) is 5.24. The monoisotopic (exact) mass is 266 g/mol. The van der Waals surface area contributed by atoms with E-state index in [2.05, 4.69) is 37.5 Å². The number of carbonyl (C=O) groups is 1. The maximum Gasteiger partial charge on any atom is 0.310 e. The molecule has 1 aromatic heterocycles. The predicted octanol–water partition coefficient (Wildman–Crippen LogP) is 2.77. The fourth-order valence-electron chi connectivity index (χ4n) is 2.25. The van der Waals surface area contributed by atoms with Crippen molar-refractivity contribution in [2.24, 2.45) is 5.92 Å². The minimum atomic E-state index is -0.187. The Morgan fingerprint density at radius 3 is 2.47 bits per heavy atom. The summed E-state index contributed by atoms with van der Waals surface area (Å²) in [5, 5.41) is 4.67. The summed E-state index contributed by atoms with van der Waals surface area (Å²) in [6.07, 6.45) is 3.20. The molecule has 0 spiro atoms. The molecule has 4 heteroatoms. The summed E-state index contributed by atoms with van der Waals surface area (Å²) < 4.78 is 6.87. The minimum absolute atomic E-state index is 0.187. The fourth-order valence-corrected chi connectivity index (χ4v) is 2.25. The van der Waals surface area contributed by atoms with E-state index in [-0.39, 0.29) is 5.97 Å². The van der Waals surface area contributed by atoms with E-state index in [9.17, 15) is 4.79 Å². The van der Waals surface area contributed by atoms with Crippen molar-refractivity contribution in [2.75, 3.05) is 7.11 Å². The van der Waals surface area contributed by atoms with Gasteiger partial charge in [-0.3, -0.25) is 9.48 Å². The molecule has 1 aromatic rings. The average molecular weight is 266 g/mol. The van der Waals surface area contributed by atoms with Crippen LogP contribution in [0.3, 0.4) is 0 Å². The van der Waals surface area contributed by atoms with E-state index in [0.29, 0.717) is 12.3 Å². The number of rotatable bonds is 7. The molecule has 0 atom stereocenters. The van der Waals surface area contributed by atoms with Crippen molar-refractivity contribution < 1.29 is 9.53 Å². The van der Waals surface area contributed by atoms with E-state index >= 15 is 0 Å². The summed E-state index contributed by atoms with van der Waals surface area (Å²) in [7, 11) is 1.43. The molecule has 0 saturated heterocycles. The van der Waals surface area contributed by atoms with E-state index < -0.39 is 0 Å². The van der Waals surface area contributed by atoms with Crippen molar-refractivity contribution in [1.29, 1.82) is 0 Å². The molecule has 0 radical (unpaired) electrons. The number of carbonyl (C=O) groups excluding carboxylic acids is 1. The van der Waals surface area contributed by atoms with Crippen molar-refractivity contribution in [3.8, 4) is 0 Å². The molecule has 1 heterocycles. The summed E-state index contributed by atoms with van der Waals surface area (Å²) in [6, 6.07) is 0. The van der Waals surface area contributed by atoms with E-state index in [4.69, 9.17) is 4.74 Å². The van der Waals surface area contributed by atoms with Crippen LogP contribution in [-0.4, -0.2) is 22.9 Å². The van der Waals surface area contributed by atoms with Crippen LogP contribution >= 0.6 is 0 Å². The lowest BCUT2D eigenvalue weighted by atomic mass is 10.1. The number of hydrogen-bond acceptors (Lipinski definition) is 3. The third-order valence-corrected chi connectivity index (χ3v) is 3.39. The molecule has 1 rings (SSSR count). The first-order valence-electron chi connectivity index (χ1n) is 7.17. The molecule has 0 bridgehead atoms. The van der Waals surface area contributed by atoms with Gasteiger partial charge in [0.2, 0.25) is 0 Å². The molecule has 0 aromatic carbocycles. The molecule has 0 unspecified atom stereocenters. The Bertz CT molecular complexity index is 422. The van der Waals surface area contributed by atoms with Crippen LogP contribution in [0.25, 0.3) is 0 Å². The van der Waals surface area contributed by atoms with Crippen LogP contribution in [0.2, 0.25) is 0 Å². The third kappa shape index (κ3) is 4.08. The van der Waals surface area contributed by atoms with Gasteiger partial charge in [0, 0.05) is 17.8 Å². The normalized spacial score (nSPS) is 11.1. The van der Waals surface area contributed by atoms with E-state index in [1.807, 2.05) is 0 Å². The van der Waals surface area contributed by atoms with Crippen LogP contribution in [-0.2, 0) is 35.3 Å². The van der Waals surface area contributed by atoms with E-state index in [1.165, 1.54) is 12.8 Å². The first-order chi connectivity index (χ1) is 9.03. The van der Waals surface area contributed by atoms with Crippen molar-refractivity contribution in [3.63, 3.8) is 0 Å². The van der Waals surface area contributed by atoms with Gasteiger partial charge in [-0.15, -0.1) is 0 Å². The standard InChI is InChI=1S/C15H26N2O2/c1-6-13-12(10-15(18)19-5)14(7-2)17(16-13)9-8-11(3)4/h11H,6-10H2,1-5H3. The number of ether oxygens (including phenoxy) is 1. The minimum Gasteiger partial charge on any atom is -0.469 e. The maximum atomic E-state index is 11.5. The zero-order valence-corrected chi connectivity index (χ0v) is 12.8. The van der Waals surface area contributed by atoms with Crippen molar-refractivity contribution in [2.45, 2.75) is 59.9 Å². The van der Waals surface area contributed by atoms with Gasteiger partial charge in [-0.25, -0.2) is 0 Å². The lowest BCUT2D eigenvalue weighted by molar-refractivity contribution is -0.139. The number of nitrogens with zero attached hydrogens (tertiary/aromatic N) is 2. The summed E-state index contributed by atoms with van der Waals surface area (Å²) in [4.78, 5) is 11.5. The van der Waals surface area contributed by atoms with Gasteiger partial charge in [0.15, 0.2) is 0 Å². The third-order valence-electron chi connectivity index (χ3n) is 3.39. The Hall–Kier alpha value is -1.32. The van der Waals surface area contributed by atoms with Gasteiger partial charge in [-0.05, 0) is 25.2 Å². The molecule has 4 nitrogen and oxygen atoms in total. The van der Waals surface area contributed by atoms with E-state index in [0.717, 1.165) is 37.1 Å². The van der Waals surface area contributed by atoms with Gasteiger partial charge in [0.05, 0.1) is 19.2 Å². The fraction of sp³-hybridized carbons (Fsp3) is 0.733. The van der Waals surface area contributed by atoms with Crippen LogP contribution in [0.4, 0.5) is 0 Å². The second-order valence-corrected chi connectivity index (χ2v) is 5.24. The molecule has 0 aliphatic carbocycles. The molecule has 0 aliphatic heterocycles. The molecule has 0 N–H and O–H groups in total. The van der Waals surface area contributed by atoms with Gasteiger partial charge in [0.25, 0.3) is 0 Å². The quantitative estimate of drug-likeness (QED) is 0.713. The first kappa shape index (κ1) is 15.7. The van der Waals surface area contributed by atoms with Crippen molar-refractivity contribution in [1.82, 2.24) is 9.78 Å². The lowest BCUT2D eigenvalue weighted by Gasteiger charge is -2.09. The molecule has 19 heavy (non-hydrogen) atoms. The average Bonchev–Trinajstić information content (AvgIpc) is 2.73. The van der Waals surface area contributed by atoms with Crippen LogP contribution in [0.15, 0.2) is 0 Å². The summed E-state index contributed by atoms with van der Waals surface area (Å²) in [6.45, 7) is 9.55. The van der Waals surface area contributed by atoms with Crippen LogP contribution < -0.4 is 0 Å². The largest absolute Gasteiger partial charge is 0.469 e. The number of methoxy groups -OCH3 is 1. The molecule has 0 aliphatic rings. The Morgan fingerprint density at radius 2 is 2.00 bits per heavy atom.